The molecule has 160 valence electrons. The second-order valence-electron chi connectivity index (χ2n) is 7.06. The van der Waals surface area contributed by atoms with Crippen LogP contribution in [0.5, 0.6) is 0 Å². The third-order valence-corrected chi connectivity index (χ3v) is 4.58. The van der Waals surface area contributed by atoms with Crippen molar-refractivity contribution in [3.63, 3.8) is 0 Å². The summed E-state index contributed by atoms with van der Waals surface area (Å²) in [5, 5.41) is 4.24. The average molecular weight is 424 g/mol. The van der Waals surface area contributed by atoms with Crippen molar-refractivity contribution < 1.29 is 28.2 Å². The van der Waals surface area contributed by atoms with Gasteiger partial charge < -0.3 is 9.47 Å². The van der Waals surface area contributed by atoms with E-state index in [9.17, 15) is 18.8 Å². The van der Waals surface area contributed by atoms with Crippen LogP contribution in [0.25, 0.3) is 5.69 Å². The minimum Gasteiger partial charge on any atom is -0.465 e. The number of carbonyl (C=O) groups excluding carboxylic acids is 3. The molecule has 0 aliphatic carbocycles. The number of ketones is 1. The van der Waals surface area contributed by atoms with Crippen LogP contribution in [0.15, 0.2) is 54.7 Å². The van der Waals surface area contributed by atoms with E-state index in [2.05, 4.69) is 9.84 Å². The number of aromatic nitrogens is 2. The Bertz CT molecular complexity index is 1120. The Morgan fingerprint density at radius 2 is 1.71 bits per heavy atom. The van der Waals surface area contributed by atoms with Crippen molar-refractivity contribution in [1.29, 1.82) is 0 Å². The predicted octanol–water partition coefficient (Wildman–Crippen LogP) is 3.96. The van der Waals surface area contributed by atoms with Gasteiger partial charge in [0.25, 0.3) is 0 Å². The Labute approximate surface area is 178 Å². The summed E-state index contributed by atoms with van der Waals surface area (Å²) in [4.78, 5) is 36.7. The zero-order valence-corrected chi connectivity index (χ0v) is 17.3. The lowest BCUT2D eigenvalue weighted by atomic mass is 10.1. The lowest BCUT2D eigenvalue weighted by Crippen LogP contribution is -2.16. The van der Waals surface area contributed by atoms with E-state index in [4.69, 9.17) is 4.74 Å². The second-order valence-corrected chi connectivity index (χ2v) is 7.06. The Kier molecular flexibility index (Phi) is 6.59. The Balaban J connectivity index is 1.77. The molecule has 0 N–H and O–H groups in total. The molecule has 7 nitrogen and oxygen atoms in total. The molecular formula is C23H21FN2O5. The number of nitrogens with zero attached hydrogens (tertiary/aromatic N) is 2. The van der Waals surface area contributed by atoms with Crippen molar-refractivity contribution in [2.75, 3.05) is 13.7 Å². The maximum atomic E-state index is 13.2. The molecule has 3 aromatic rings. The molecule has 0 saturated carbocycles. The summed E-state index contributed by atoms with van der Waals surface area (Å²) in [5.74, 6) is -2.20. The van der Waals surface area contributed by atoms with Crippen LogP contribution in [-0.2, 0) is 9.47 Å². The number of esters is 2. The van der Waals surface area contributed by atoms with Crippen LogP contribution in [0.1, 0.15) is 56.5 Å². The summed E-state index contributed by atoms with van der Waals surface area (Å²) in [6, 6.07) is 11.7. The molecule has 0 radical (unpaired) electrons. The van der Waals surface area contributed by atoms with Crippen LogP contribution in [0.4, 0.5) is 4.39 Å². The van der Waals surface area contributed by atoms with Crippen molar-refractivity contribution in [3.05, 3.63) is 82.9 Å². The van der Waals surface area contributed by atoms with Gasteiger partial charge >= 0.3 is 11.9 Å². The van der Waals surface area contributed by atoms with Gasteiger partial charge in [0.1, 0.15) is 11.4 Å². The Hall–Kier alpha value is -3.81. The molecular weight excluding hydrogens is 403 g/mol. The molecule has 0 saturated heterocycles. The molecule has 0 aliphatic heterocycles. The molecule has 0 fully saturated rings. The number of ether oxygens (including phenoxy) is 2. The number of methoxy groups -OCH3 is 1. The summed E-state index contributed by atoms with van der Waals surface area (Å²) >= 11 is 0. The van der Waals surface area contributed by atoms with Gasteiger partial charge in [0.05, 0.1) is 30.3 Å². The van der Waals surface area contributed by atoms with E-state index in [1.54, 1.807) is 22.9 Å². The molecule has 0 unspecified atom stereocenters. The predicted molar refractivity (Wildman–Crippen MR) is 110 cm³/mol. The van der Waals surface area contributed by atoms with E-state index in [-0.39, 0.29) is 28.4 Å². The van der Waals surface area contributed by atoms with E-state index >= 15 is 0 Å². The number of hydrogen-bond donors (Lipinski definition) is 0. The minimum atomic E-state index is -0.700. The summed E-state index contributed by atoms with van der Waals surface area (Å²) in [7, 11) is 1.25. The first-order chi connectivity index (χ1) is 14.8. The highest BCUT2D eigenvalue weighted by atomic mass is 19.1. The molecule has 0 spiro atoms. The zero-order valence-electron chi connectivity index (χ0n) is 17.3. The van der Waals surface area contributed by atoms with Crippen molar-refractivity contribution in [3.8, 4) is 5.69 Å². The molecule has 1 aromatic heterocycles. The fourth-order valence-corrected chi connectivity index (χ4v) is 3.09. The van der Waals surface area contributed by atoms with Gasteiger partial charge in [0, 0.05) is 5.56 Å². The van der Waals surface area contributed by atoms with Crippen LogP contribution in [0.3, 0.4) is 0 Å². The highest BCUT2D eigenvalue weighted by Crippen LogP contribution is 2.24. The average Bonchev–Trinajstić information content (AvgIpc) is 3.23. The quantitative estimate of drug-likeness (QED) is 0.421. The van der Waals surface area contributed by atoms with Gasteiger partial charge in [-0.15, -0.1) is 0 Å². The fourth-order valence-electron chi connectivity index (χ4n) is 3.09. The van der Waals surface area contributed by atoms with E-state index in [1.165, 1.54) is 43.6 Å². The van der Waals surface area contributed by atoms with Crippen LogP contribution < -0.4 is 0 Å². The van der Waals surface area contributed by atoms with E-state index < -0.39 is 24.3 Å². The monoisotopic (exact) mass is 424 g/mol. The topological polar surface area (TPSA) is 87.5 Å². The third-order valence-electron chi connectivity index (χ3n) is 4.58. The van der Waals surface area contributed by atoms with Crippen LogP contribution in [0, 0.1) is 5.82 Å². The lowest BCUT2D eigenvalue weighted by molar-refractivity contribution is 0.0472. The third kappa shape index (κ3) is 4.85. The van der Waals surface area contributed by atoms with Gasteiger partial charge in [0.2, 0.25) is 0 Å². The summed E-state index contributed by atoms with van der Waals surface area (Å²) in [6.45, 7) is 3.28. The molecule has 0 aliphatic rings. The number of Topliss-reactive ketones (excluding diaryl/α,β-unsaturated/α-hetero) is 1. The maximum absolute atomic E-state index is 13.2. The van der Waals surface area contributed by atoms with Gasteiger partial charge in [-0.3, -0.25) is 4.79 Å². The van der Waals surface area contributed by atoms with E-state index in [1.807, 2.05) is 13.8 Å². The lowest BCUT2D eigenvalue weighted by Gasteiger charge is -2.12. The van der Waals surface area contributed by atoms with Gasteiger partial charge in [0.15, 0.2) is 12.4 Å². The van der Waals surface area contributed by atoms with Gasteiger partial charge in [-0.05, 0) is 42.3 Å². The number of rotatable bonds is 7. The van der Waals surface area contributed by atoms with Gasteiger partial charge in [-0.1, -0.05) is 26.0 Å². The molecule has 0 amide bonds. The zero-order chi connectivity index (χ0) is 22.5. The molecule has 0 atom stereocenters. The number of benzene rings is 2. The normalized spacial score (nSPS) is 10.7. The van der Waals surface area contributed by atoms with E-state index in [0.717, 1.165) is 0 Å². The van der Waals surface area contributed by atoms with Crippen LogP contribution in [-0.4, -0.2) is 41.2 Å². The maximum Gasteiger partial charge on any atom is 0.342 e. The SMILES string of the molecule is COC(=O)c1cccc(C(=O)COC(=O)c2cnn(-c3ccc(F)cc3)c2C(C)C)c1. The van der Waals surface area contributed by atoms with Crippen molar-refractivity contribution >= 4 is 17.7 Å². The Morgan fingerprint density at radius 3 is 2.35 bits per heavy atom. The van der Waals surface area contributed by atoms with Crippen molar-refractivity contribution in [2.24, 2.45) is 0 Å². The molecule has 1 heterocycles. The highest BCUT2D eigenvalue weighted by molar-refractivity contribution is 6.01. The fraction of sp³-hybridized carbons (Fsp3) is 0.217. The standard InChI is InChI=1S/C23H21FN2O5/c1-14(2)21-19(12-25-26(21)18-9-7-17(24)8-10-18)23(29)31-13-20(27)15-5-4-6-16(11-15)22(28)30-3/h4-12,14H,13H2,1-3H3. The van der Waals surface area contributed by atoms with Gasteiger partial charge in [-0.2, -0.15) is 5.10 Å². The number of hydrogen-bond acceptors (Lipinski definition) is 6. The van der Waals surface area contributed by atoms with E-state index in [0.29, 0.717) is 11.4 Å². The van der Waals surface area contributed by atoms with Crippen LogP contribution in [0.2, 0.25) is 0 Å². The Morgan fingerprint density at radius 1 is 1.03 bits per heavy atom. The summed E-state index contributed by atoms with van der Waals surface area (Å²) in [6.07, 6.45) is 1.36. The summed E-state index contributed by atoms with van der Waals surface area (Å²) < 4.78 is 24.6. The van der Waals surface area contributed by atoms with Crippen LogP contribution >= 0.6 is 0 Å². The van der Waals surface area contributed by atoms with Crippen molar-refractivity contribution in [2.45, 2.75) is 19.8 Å². The first-order valence-electron chi connectivity index (χ1n) is 9.54. The first-order valence-corrected chi connectivity index (χ1v) is 9.54. The largest absolute Gasteiger partial charge is 0.465 e. The number of halogens is 1. The first kappa shape index (κ1) is 21.9. The minimum absolute atomic E-state index is 0.0949. The van der Waals surface area contributed by atoms with Gasteiger partial charge in [-0.25, -0.2) is 18.7 Å². The summed E-state index contributed by atoms with van der Waals surface area (Å²) in [5.41, 5.74) is 1.84. The second kappa shape index (κ2) is 9.34. The molecule has 31 heavy (non-hydrogen) atoms. The van der Waals surface area contributed by atoms with Crippen molar-refractivity contribution in [1.82, 2.24) is 9.78 Å². The number of carbonyl (C=O) groups is 3. The molecule has 3 rings (SSSR count). The molecule has 0 bridgehead atoms. The highest BCUT2D eigenvalue weighted by Gasteiger charge is 2.23. The molecule has 2 aromatic carbocycles. The smallest absolute Gasteiger partial charge is 0.342 e. The molecule has 8 heteroatoms.